The zero-order valence-corrected chi connectivity index (χ0v) is 16.3. The van der Waals surface area contributed by atoms with Gasteiger partial charge < -0.3 is 19.5 Å². The molecule has 2 aromatic carbocycles. The first-order valence-electron chi connectivity index (χ1n) is 8.71. The molecule has 6 heteroatoms. The zero-order valence-electron chi connectivity index (χ0n) is 16.3. The summed E-state index contributed by atoms with van der Waals surface area (Å²) in [6, 6.07) is 13.1. The van der Waals surface area contributed by atoms with Crippen LogP contribution in [-0.4, -0.2) is 32.2 Å². The van der Waals surface area contributed by atoms with E-state index < -0.39 is 0 Å². The maximum Gasteiger partial charge on any atom is 0.248 e. The van der Waals surface area contributed by atoms with Gasteiger partial charge in [-0.1, -0.05) is 6.07 Å². The molecular formula is C22H22N2O4. The normalized spacial score (nSPS) is 10.9. The summed E-state index contributed by atoms with van der Waals surface area (Å²) < 4.78 is 16.0. The fourth-order valence-corrected chi connectivity index (χ4v) is 2.91. The largest absolute Gasteiger partial charge is 0.493 e. The van der Waals surface area contributed by atoms with E-state index in [2.05, 4.69) is 10.3 Å². The first-order valence-corrected chi connectivity index (χ1v) is 8.71. The Balaban J connectivity index is 1.83. The van der Waals surface area contributed by atoms with Crippen molar-refractivity contribution in [1.82, 2.24) is 4.98 Å². The number of anilines is 1. The third-order valence-electron chi connectivity index (χ3n) is 4.24. The molecule has 1 N–H and O–H groups in total. The second kappa shape index (κ2) is 8.43. The minimum atomic E-state index is -0.248. The van der Waals surface area contributed by atoms with Gasteiger partial charge in [-0.25, -0.2) is 0 Å². The van der Waals surface area contributed by atoms with Crippen molar-refractivity contribution in [3.8, 4) is 17.2 Å². The van der Waals surface area contributed by atoms with Gasteiger partial charge in [-0.3, -0.25) is 9.78 Å². The third-order valence-corrected chi connectivity index (χ3v) is 4.24. The Morgan fingerprint density at radius 2 is 1.71 bits per heavy atom. The minimum absolute atomic E-state index is 0.248. The number of methoxy groups -OCH3 is 3. The van der Waals surface area contributed by atoms with Gasteiger partial charge in [0.1, 0.15) is 0 Å². The average molecular weight is 378 g/mol. The van der Waals surface area contributed by atoms with Crippen LogP contribution in [0.15, 0.2) is 48.5 Å². The molecule has 0 fully saturated rings. The summed E-state index contributed by atoms with van der Waals surface area (Å²) in [7, 11) is 4.64. The Labute approximate surface area is 163 Å². The molecule has 0 bridgehead atoms. The van der Waals surface area contributed by atoms with Crippen LogP contribution in [0.2, 0.25) is 0 Å². The Bertz CT molecular complexity index is 1020. The highest BCUT2D eigenvalue weighted by Crippen LogP contribution is 2.38. The Morgan fingerprint density at radius 1 is 1.00 bits per heavy atom. The van der Waals surface area contributed by atoms with Crippen LogP contribution in [0.25, 0.3) is 17.0 Å². The molecule has 0 saturated heterocycles. The number of ether oxygens (including phenoxy) is 3. The number of carbonyl (C=O) groups excluding carboxylic acids is 1. The lowest BCUT2D eigenvalue weighted by Gasteiger charge is -2.12. The standard InChI is InChI=1S/C22H22N2O4/c1-14-8-10-16-17(23-14)6-5-7-18(16)24-21(25)11-9-15-12-19(26-2)22(28-4)20(13-15)27-3/h5-13H,1-4H3,(H,24,25)/b11-9+. The quantitative estimate of drug-likeness (QED) is 0.651. The van der Waals surface area contributed by atoms with E-state index in [9.17, 15) is 4.79 Å². The maximum atomic E-state index is 12.4. The van der Waals surface area contributed by atoms with Crippen LogP contribution < -0.4 is 19.5 Å². The highest BCUT2D eigenvalue weighted by molar-refractivity contribution is 6.07. The summed E-state index contributed by atoms with van der Waals surface area (Å²) in [5.41, 5.74) is 3.23. The number of nitrogens with zero attached hydrogens (tertiary/aromatic N) is 1. The number of pyridine rings is 1. The van der Waals surface area contributed by atoms with Crippen molar-refractivity contribution < 1.29 is 19.0 Å². The number of aryl methyl sites for hydroxylation is 1. The molecule has 28 heavy (non-hydrogen) atoms. The number of hydrogen-bond donors (Lipinski definition) is 1. The van der Waals surface area contributed by atoms with E-state index in [4.69, 9.17) is 14.2 Å². The fraction of sp³-hybridized carbons (Fsp3) is 0.182. The van der Waals surface area contributed by atoms with Gasteiger partial charge in [0.2, 0.25) is 11.7 Å². The van der Waals surface area contributed by atoms with Crippen LogP contribution >= 0.6 is 0 Å². The van der Waals surface area contributed by atoms with Gasteiger partial charge in [0.25, 0.3) is 0 Å². The molecule has 1 amide bonds. The molecule has 1 heterocycles. The lowest BCUT2D eigenvalue weighted by Crippen LogP contribution is -2.08. The summed E-state index contributed by atoms with van der Waals surface area (Å²) in [6.07, 6.45) is 3.15. The Hall–Kier alpha value is -3.54. The van der Waals surface area contributed by atoms with E-state index in [1.54, 1.807) is 39.5 Å². The fourth-order valence-electron chi connectivity index (χ4n) is 2.91. The van der Waals surface area contributed by atoms with Gasteiger partial charge in [0.05, 0.1) is 32.5 Å². The molecule has 3 rings (SSSR count). The van der Waals surface area contributed by atoms with Crippen LogP contribution in [-0.2, 0) is 4.79 Å². The van der Waals surface area contributed by atoms with Crippen LogP contribution in [0.4, 0.5) is 5.69 Å². The Kier molecular flexibility index (Phi) is 5.79. The molecular weight excluding hydrogens is 356 g/mol. The van der Waals surface area contributed by atoms with Crippen molar-refractivity contribution in [2.75, 3.05) is 26.6 Å². The first kappa shape index (κ1) is 19.2. The first-order chi connectivity index (χ1) is 13.5. The number of aromatic nitrogens is 1. The molecule has 0 unspecified atom stereocenters. The maximum absolute atomic E-state index is 12.4. The number of rotatable bonds is 6. The molecule has 144 valence electrons. The van der Waals surface area contributed by atoms with Crippen molar-refractivity contribution in [2.24, 2.45) is 0 Å². The second-order valence-electron chi connectivity index (χ2n) is 6.11. The van der Waals surface area contributed by atoms with Crippen LogP contribution in [0, 0.1) is 6.92 Å². The lowest BCUT2D eigenvalue weighted by molar-refractivity contribution is -0.111. The van der Waals surface area contributed by atoms with Gasteiger partial charge in [-0.2, -0.15) is 0 Å². The monoisotopic (exact) mass is 378 g/mol. The summed E-state index contributed by atoms with van der Waals surface area (Å²) in [5.74, 6) is 1.31. The SMILES string of the molecule is COc1cc(/C=C/C(=O)Nc2cccc3nc(C)ccc23)cc(OC)c1OC. The molecule has 0 aliphatic carbocycles. The lowest BCUT2D eigenvalue weighted by atomic mass is 10.1. The number of hydrogen-bond acceptors (Lipinski definition) is 5. The summed E-state index contributed by atoms with van der Waals surface area (Å²) in [4.78, 5) is 16.9. The van der Waals surface area contributed by atoms with Crippen molar-refractivity contribution in [3.63, 3.8) is 0 Å². The molecule has 0 aliphatic rings. The van der Waals surface area contributed by atoms with Gasteiger partial charge in [0.15, 0.2) is 11.5 Å². The van der Waals surface area contributed by atoms with Crippen LogP contribution in [0.1, 0.15) is 11.3 Å². The summed E-state index contributed by atoms with van der Waals surface area (Å²) >= 11 is 0. The molecule has 0 radical (unpaired) electrons. The van der Waals surface area contributed by atoms with E-state index in [0.29, 0.717) is 22.9 Å². The zero-order chi connectivity index (χ0) is 20.1. The van der Waals surface area contributed by atoms with E-state index in [0.717, 1.165) is 22.2 Å². The minimum Gasteiger partial charge on any atom is -0.493 e. The van der Waals surface area contributed by atoms with Crippen molar-refractivity contribution in [3.05, 3.63) is 59.8 Å². The molecule has 0 spiro atoms. The van der Waals surface area contributed by atoms with Crippen molar-refractivity contribution in [1.29, 1.82) is 0 Å². The average Bonchev–Trinajstić information content (AvgIpc) is 2.71. The van der Waals surface area contributed by atoms with Crippen molar-refractivity contribution in [2.45, 2.75) is 6.92 Å². The second-order valence-corrected chi connectivity index (χ2v) is 6.11. The predicted octanol–water partition coefficient (Wildman–Crippen LogP) is 4.22. The van der Waals surface area contributed by atoms with E-state index in [-0.39, 0.29) is 5.91 Å². The molecule has 6 nitrogen and oxygen atoms in total. The van der Waals surface area contributed by atoms with Crippen LogP contribution in [0.5, 0.6) is 17.2 Å². The van der Waals surface area contributed by atoms with Gasteiger partial charge >= 0.3 is 0 Å². The number of nitrogens with one attached hydrogen (secondary N) is 1. The third kappa shape index (κ3) is 4.06. The summed E-state index contributed by atoms with van der Waals surface area (Å²) in [5, 5.41) is 3.79. The van der Waals surface area contributed by atoms with Gasteiger partial charge in [-0.15, -0.1) is 0 Å². The van der Waals surface area contributed by atoms with E-state index in [1.807, 2.05) is 37.3 Å². The number of fused-ring (bicyclic) bond motifs is 1. The molecule has 0 saturated carbocycles. The number of carbonyl (C=O) groups is 1. The van der Waals surface area contributed by atoms with Gasteiger partial charge in [-0.05, 0) is 55.0 Å². The highest BCUT2D eigenvalue weighted by Gasteiger charge is 2.12. The summed E-state index contributed by atoms with van der Waals surface area (Å²) in [6.45, 7) is 1.94. The smallest absolute Gasteiger partial charge is 0.248 e. The molecule has 0 aliphatic heterocycles. The highest BCUT2D eigenvalue weighted by atomic mass is 16.5. The molecule has 1 aromatic heterocycles. The van der Waals surface area contributed by atoms with Crippen LogP contribution in [0.3, 0.4) is 0 Å². The topological polar surface area (TPSA) is 69.7 Å². The Morgan fingerprint density at radius 3 is 2.36 bits per heavy atom. The number of benzene rings is 2. The van der Waals surface area contributed by atoms with Gasteiger partial charge in [0, 0.05) is 17.2 Å². The van der Waals surface area contributed by atoms with E-state index in [1.165, 1.54) is 6.08 Å². The van der Waals surface area contributed by atoms with Crippen molar-refractivity contribution >= 4 is 28.6 Å². The van der Waals surface area contributed by atoms with E-state index >= 15 is 0 Å². The predicted molar refractivity (Wildman–Crippen MR) is 110 cm³/mol. The molecule has 0 atom stereocenters. The molecule has 3 aromatic rings. The number of amides is 1.